The molecule has 0 aliphatic carbocycles. The van der Waals surface area contributed by atoms with Gasteiger partial charge in [0.1, 0.15) is 10.5 Å². The zero-order chi connectivity index (χ0) is 22.3. The van der Waals surface area contributed by atoms with Crippen molar-refractivity contribution in [3.8, 4) is 0 Å². The molecule has 0 saturated carbocycles. The zero-order valence-corrected chi connectivity index (χ0v) is 19.8. The molecule has 0 bridgehead atoms. The van der Waals surface area contributed by atoms with E-state index in [9.17, 15) is 13.2 Å². The third-order valence-electron chi connectivity index (χ3n) is 6.25. The lowest BCUT2D eigenvalue weighted by Gasteiger charge is -2.38. The van der Waals surface area contributed by atoms with Gasteiger partial charge in [0, 0.05) is 42.4 Å². The predicted molar refractivity (Wildman–Crippen MR) is 128 cm³/mol. The minimum absolute atomic E-state index is 0.162. The maximum absolute atomic E-state index is 13.3. The first-order valence-corrected chi connectivity index (χ1v) is 13.3. The number of hydrogen-bond acceptors (Lipinski definition) is 6. The van der Waals surface area contributed by atoms with Gasteiger partial charge in [0.05, 0.1) is 6.04 Å². The van der Waals surface area contributed by atoms with Gasteiger partial charge in [0.15, 0.2) is 0 Å². The molecule has 32 heavy (non-hydrogen) atoms. The molecule has 3 heterocycles. The van der Waals surface area contributed by atoms with Crippen molar-refractivity contribution in [3.05, 3.63) is 64.2 Å². The van der Waals surface area contributed by atoms with E-state index in [2.05, 4.69) is 28.4 Å². The van der Waals surface area contributed by atoms with Crippen LogP contribution < -0.4 is 5.32 Å². The molecule has 2 aromatic carbocycles. The molecule has 5 rings (SSSR count). The maximum Gasteiger partial charge on any atom is 0.252 e. The van der Waals surface area contributed by atoms with Gasteiger partial charge in [0.2, 0.25) is 0 Å². The second-order valence-corrected chi connectivity index (χ2v) is 12.0. The van der Waals surface area contributed by atoms with Crippen LogP contribution in [0.25, 0.3) is 10.1 Å². The van der Waals surface area contributed by atoms with Crippen molar-refractivity contribution in [2.24, 2.45) is 0 Å². The molecule has 168 valence electrons. The molecule has 1 fully saturated rings. The fraction of sp³-hybridized carbons (Fsp3) is 0.348. The summed E-state index contributed by atoms with van der Waals surface area (Å²) < 4.78 is 29.1. The molecule has 0 spiro atoms. The second-order valence-electron chi connectivity index (χ2n) is 8.31. The largest absolute Gasteiger partial charge is 0.312 e. The number of thiophene rings is 1. The van der Waals surface area contributed by atoms with Gasteiger partial charge < -0.3 is 10.1 Å². The number of piperazine rings is 1. The number of rotatable bonds is 5. The van der Waals surface area contributed by atoms with Gasteiger partial charge in [-0.1, -0.05) is 35.9 Å². The van der Waals surface area contributed by atoms with Crippen LogP contribution in [0.5, 0.6) is 0 Å². The number of aldehydes is 1. The Morgan fingerprint density at radius 3 is 2.84 bits per heavy atom. The molecule has 1 saturated heterocycles. The Labute approximate surface area is 196 Å². The molecule has 1 N–H and O–H groups in total. The molecule has 3 aromatic rings. The fourth-order valence-electron chi connectivity index (χ4n) is 4.46. The van der Waals surface area contributed by atoms with Crippen molar-refractivity contribution < 1.29 is 13.2 Å². The van der Waals surface area contributed by atoms with Crippen molar-refractivity contribution in [2.45, 2.75) is 29.8 Å². The number of hydrogen-bond donors (Lipinski definition) is 1. The van der Waals surface area contributed by atoms with Crippen molar-refractivity contribution in [1.29, 1.82) is 0 Å². The predicted octanol–water partition coefficient (Wildman–Crippen LogP) is 3.27. The van der Waals surface area contributed by atoms with Crippen molar-refractivity contribution in [3.63, 3.8) is 0 Å². The third-order valence-corrected chi connectivity index (χ3v) is 9.90. The number of carbonyl (C=O) groups excluding carboxylic acids is 1. The van der Waals surface area contributed by atoms with Gasteiger partial charge in [-0.05, 0) is 53.2 Å². The van der Waals surface area contributed by atoms with Gasteiger partial charge in [-0.3, -0.25) is 4.90 Å². The van der Waals surface area contributed by atoms with E-state index in [-0.39, 0.29) is 10.8 Å². The van der Waals surface area contributed by atoms with Crippen LogP contribution in [0.4, 0.5) is 0 Å². The van der Waals surface area contributed by atoms with Crippen molar-refractivity contribution in [2.75, 3.05) is 26.2 Å². The molecule has 9 heteroatoms. The van der Waals surface area contributed by atoms with Gasteiger partial charge in [-0.25, -0.2) is 8.42 Å². The highest BCUT2D eigenvalue weighted by Crippen LogP contribution is 2.33. The van der Waals surface area contributed by atoms with Crippen LogP contribution in [-0.2, 0) is 34.3 Å². The lowest BCUT2D eigenvalue weighted by atomic mass is 9.98. The molecule has 2 aliphatic heterocycles. The van der Waals surface area contributed by atoms with Gasteiger partial charge in [0.25, 0.3) is 10.0 Å². The number of nitrogens with one attached hydrogen (secondary N) is 1. The number of sulfonamides is 1. The van der Waals surface area contributed by atoms with E-state index in [0.29, 0.717) is 24.7 Å². The second kappa shape index (κ2) is 8.85. The molecule has 1 unspecified atom stereocenters. The van der Waals surface area contributed by atoms with Crippen LogP contribution in [0.15, 0.2) is 46.7 Å². The number of halogens is 1. The quantitative estimate of drug-likeness (QED) is 0.557. The average molecular weight is 490 g/mol. The van der Waals surface area contributed by atoms with Crippen LogP contribution in [0.2, 0.25) is 5.02 Å². The van der Waals surface area contributed by atoms with Gasteiger partial charge >= 0.3 is 0 Å². The van der Waals surface area contributed by atoms with Gasteiger partial charge in [-0.15, -0.1) is 11.3 Å². The summed E-state index contributed by atoms with van der Waals surface area (Å²) in [5.74, 6) is 0. The minimum Gasteiger partial charge on any atom is -0.312 e. The molecule has 0 amide bonds. The Morgan fingerprint density at radius 2 is 2.00 bits per heavy atom. The van der Waals surface area contributed by atoms with E-state index in [1.54, 1.807) is 18.2 Å². The van der Waals surface area contributed by atoms with Crippen LogP contribution in [0.3, 0.4) is 0 Å². The first kappa shape index (κ1) is 22.0. The summed E-state index contributed by atoms with van der Waals surface area (Å²) in [5, 5.41) is 4.81. The topological polar surface area (TPSA) is 69.7 Å². The third kappa shape index (κ3) is 4.23. The molecular weight excluding hydrogens is 466 g/mol. The zero-order valence-electron chi connectivity index (χ0n) is 17.5. The Hall–Kier alpha value is -1.81. The molecule has 6 nitrogen and oxygen atoms in total. The normalized spacial score (nSPS) is 20.3. The highest BCUT2D eigenvalue weighted by Gasteiger charge is 2.35. The van der Waals surface area contributed by atoms with Gasteiger partial charge in [-0.2, -0.15) is 4.31 Å². The molecule has 1 aromatic heterocycles. The van der Waals surface area contributed by atoms with Crippen LogP contribution >= 0.6 is 22.9 Å². The standard InChI is InChI=1S/C23H24ClN3O3S2/c24-20-4-3-18-10-23(31-22(18)11-20)32(29,30)27-8-7-26(21(14-27)15-28)13-16-1-2-19-12-25-6-5-17(19)9-16/h1-4,9-11,15,21,25H,5-8,12-14H2. The summed E-state index contributed by atoms with van der Waals surface area (Å²) in [4.78, 5) is 14.0. The van der Waals surface area contributed by atoms with Crippen LogP contribution in [0.1, 0.15) is 16.7 Å². The summed E-state index contributed by atoms with van der Waals surface area (Å²) >= 11 is 7.27. The molecular formula is C23H24ClN3O3S2. The highest BCUT2D eigenvalue weighted by atomic mass is 35.5. The number of nitrogens with zero attached hydrogens (tertiary/aromatic N) is 2. The monoisotopic (exact) mass is 489 g/mol. The first-order chi connectivity index (χ1) is 15.4. The fourth-order valence-corrected chi connectivity index (χ4v) is 7.74. The van der Waals surface area contributed by atoms with Crippen LogP contribution in [-0.4, -0.2) is 56.1 Å². The number of benzene rings is 2. The van der Waals surface area contributed by atoms with E-state index < -0.39 is 16.1 Å². The number of carbonyl (C=O) groups is 1. The maximum atomic E-state index is 13.3. The minimum atomic E-state index is -3.67. The van der Waals surface area contributed by atoms with E-state index >= 15 is 0 Å². The summed E-state index contributed by atoms with van der Waals surface area (Å²) in [6.07, 6.45) is 1.88. The van der Waals surface area contributed by atoms with E-state index in [1.165, 1.54) is 26.8 Å². The summed E-state index contributed by atoms with van der Waals surface area (Å²) in [6.45, 7) is 3.55. The highest BCUT2D eigenvalue weighted by molar-refractivity contribution is 7.91. The van der Waals surface area contributed by atoms with E-state index in [4.69, 9.17) is 11.6 Å². The molecule has 0 radical (unpaired) electrons. The van der Waals surface area contributed by atoms with E-state index in [1.807, 2.05) is 6.07 Å². The first-order valence-electron chi connectivity index (χ1n) is 10.6. The van der Waals surface area contributed by atoms with Crippen molar-refractivity contribution in [1.82, 2.24) is 14.5 Å². The Bertz CT molecular complexity index is 1270. The number of fused-ring (bicyclic) bond motifs is 2. The Balaban J connectivity index is 1.33. The lowest BCUT2D eigenvalue weighted by molar-refractivity contribution is -0.114. The lowest BCUT2D eigenvalue weighted by Crippen LogP contribution is -2.54. The molecule has 2 aliphatic rings. The summed E-state index contributed by atoms with van der Waals surface area (Å²) in [7, 11) is -3.67. The van der Waals surface area contributed by atoms with Crippen molar-refractivity contribution >= 4 is 49.3 Å². The van der Waals surface area contributed by atoms with Crippen LogP contribution in [0, 0.1) is 0 Å². The summed E-state index contributed by atoms with van der Waals surface area (Å²) in [5.41, 5.74) is 3.85. The molecule has 1 atom stereocenters. The van der Waals surface area contributed by atoms with E-state index in [0.717, 1.165) is 41.4 Å². The SMILES string of the molecule is O=CC1CN(S(=O)(=O)c2cc3ccc(Cl)cc3s2)CCN1Cc1ccc2c(c1)CCNC2. The Kier molecular flexibility index (Phi) is 6.09. The Morgan fingerprint density at radius 1 is 1.12 bits per heavy atom. The summed E-state index contributed by atoms with van der Waals surface area (Å²) in [6, 6.07) is 13.1. The average Bonchev–Trinajstić information content (AvgIpc) is 3.23. The smallest absolute Gasteiger partial charge is 0.252 e.